The largest absolute Gasteiger partial charge is 0.494 e. The third-order valence-corrected chi connectivity index (χ3v) is 9.32. The first-order valence-corrected chi connectivity index (χ1v) is 16.8. The Labute approximate surface area is 278 Å². The second-order valence-electron chi connectivity index (χ2n) is 14.1. The van der Waals surface area contributed by atoms with Gasteiger partial charge in [0.1, 0.15) is 29.2 Å². The lowest BCUT2D eigenvalue weighted by Crippen LogP contribution is -2.50. The molecule has 2 aromatic heterocycles. The number of nitrogens with zero attached hydrogens (tertiary/aromatic N) is 5. The fraction of sp³-hybridized carbons (Fsp3) is 0.500. The number of amides is 2. The zero-order chi connectivity index (χ0) is 33.3. The number of hydrogen-bond donors (Lipinski definition) is 3. The van der Waals surface area contributed by atoms with E-state index in [-0.39, 0.29) is 35.0 Å². The predicted octanol–water partition coefficient (Wildman–Crippen LogP) is 1.06. The van der Waals surface area contributed by atoms with Crippen LogP contribution in [0.1, 0.15) is 72.3 Å². The van der Waals surface area contributed by atoms with Crippen molar-refractivity contribution in [1.29, 1.82) is 0 Å². The van der Waals surface area contributed by atoms with Gasteiger partial charge in [-0.1, -0.05) is 6.07 Å². The molecule has 1 aromatic carbocycles. The Morgan fingerprint density at radius 3 is 2.30 bits per heavy atom. The molecule has 0 bridgehead atoms. The molecule has 6 rings (SSSR count). The van der Waals surface area contributed by atoms with Crippen LogP contribution in [0.25, 0.3) is 11.3 Å². The number of Topliss-reactive ketones (excluding diaryl/α,β-unsaturated/α-hetero) is 1. The van der Waals surface area contributed by atoms with Gasteiger partial charge in [-0.2, -0.15) is 5.10 Å². The minimum Gasteiger partial charge on any atom is -0.494 e. The summed E-state index contributed by atoms with van der Waals surface area (Å²) >= 11 is 0. The van der Waals surface area contributed by atoms with Crippen molar-refractivity contribution in [3.63, 3.8) is 0 Å². The zero-order valence-electron chi connectivity index (χ0n) is 28.1. The summed E-state index contributed by atoms with van der Waals surface area (Å²) in [5, 5.41) is 21.6. The van der Waals surface area contributed by atoms with Crippen LogP contribution in [0.2, 0.25) is 0 Å². The van der Waals surface area contributed by atoms with Crippen LogP contribution >= 0.6 is 0 Å². The molecule has 0 unspecified atom stereocenters. The molecular formula is C32H43B3N8O4. The summed E-state index contributed by atoms with van der Waals surface area (Å²) in [5.41, 5.74) is 2.86. The van der Waals surface area contributed by atoms with Gasteiger partial charge < -0.3 is 25.6 Å². The summed E-state index contributed by atoms with van der Waals surface area (Å²) in [6.07, 6.45) is 8.19. The Morgan fingerprint density at radius 1 is 0.936 bits per heavy atom. The minimum absolute atomic E-state index is 0.00143. The number of nitrogens with one attached hydrogen (secondary N) is 3. The van der Waals surface area contributed by atoms with Gasteiger partial charge >= 0.3 is 0 Å². The van der Waals surface area contributed by atoms with Gasteiger partial charge in [-0.25, -0.2) is 0 Å². The Morgan fingerprint density at radius 2 is 1.64 bits per heavy atom. The molecule has 3 aromatic rings. The highest BCUT2D eigenvalue weighted by Gasteiger charge is 2.33. The molecule has 15 heteroatoms. The smallest absolute Gasteiger partial charge is 0.272 e. The number of aromatic nitrogens is 4. The first-order chi connectivity index (χ1) is 22.5. The number of rotatable bonds is 11. The Bertz CT molecular complexity index is 1660. The normalized spacial score (nSPS) is 20.0. The maximum absolute atomic E-state index is 13.7. The minimum atomic E-state index is -0.506. The van der Waals surface area contributed by atoms with Crippen LogP contribution in [0.5, 0.6) is 5.75 Å². The van der Waals surface area contributed by atoms with Gasteiger partial charge in [-0.05, 0) is 87.9 Å². The molecule has 3 heterocycles. The van der Waals surface area contributed by atoms with E-state index < -0.39 is 11.1 Å². The summed E-state index contributed by atoms with van der Waals surface area (Å²) in [4.78, 5) is 42.0. The van der Waals surface area contributed by atoms with Crippen LogP contribution in [-0.2, 0) is 11.8 Å². The highest BCUT2D eigenvalue weighted by Crippen LogP contribution is 2.39. The first-order valence-electron chi connectivity index (χ1n) is 16.8. The highest BCUT2D eigenvalue weighted by atomic mass is 16.5. The number of benzene rings is 1. The third-order valence-electron chi connectivity index (χ3n) is 9.32. The summed E-state index contributed by atoms with van der Waals surface area (Å²) in [5.74, 6) is 0.319. The van der Waals surface area contributed by atoms with E-state index in [2.05, 4.69) is 31.0 Å². The Kier molecular flexibility index (Phi) is 9.45. The van der Waals surface area contributed by atoms with Gasteiger partial charge in [-0.3, -0.25) is 19.1 Å². The van der Waals surface area contributed by atoms with Crippen molar-refractivity contribution < 1.29 is 19.1 Å². The summed E-state index contributed by atoms with van der Waals surface area (Å²) in [6, 6.07) is 9.62. The van der Waals surface area contributed by atoms with Gasteiger partial charge in [0.2, 0.25) is 5.91 Å². The maximum atomic E-state index is 13.7. The Hall–Kier alpha value is -4.13. The summed E-state index contributed by atoms with van der Waals surface area (Å²) < 4.78 is 7.56. The van der Waals surface area contributed by atoms with Crippen molar-refractivity contribution in [3.05, 3.63) is 41.7 Å². The number of hydrogen-bond acceptors (Lipinski definition) is 9. The lowest BCUT2D eigenvalue weighted by Gasteiger charge is -2.33. The van der Waals surface area contributed by atoms with Gasteiger partial charge in [0.15, 0.2) is 23.0 Å². The molecule has 3 N–H and O–H groups in total. The second-order valence-corrected chi connectivity index (χ2v) is 14.1. The number of anilines is 3. The van der Waals surface area contributed by atoms with Crippen LogP contribution in [-0.4, -0.2) is 97.5 Å². The SMILES string of the molecule is BC(B)(B)NC(=O)c1nnc(NC(=O)C2CC2)cc1Nc1cccc(-c2cc(C(=O)C3CCC(N4CCCC4)CC3)n(C)n2)c1OC. The molecule has 0 atom stereocenters. The maximum Gasteiger partial charge on any atom is 0.272 e. The van der Waals surface area contributed by atoms with Gasteiger partial charge in [0.05, 0.1) is 24.2 Å². The van der Waals surface area contributed by atoms with Crippen LogP contribution in [0.4, 0.5) is 17.2 Å². The Balaban J connectivity index is 1.25. The van der Waals surface area contributed by atoms with Gasteiger partial charge in [0.25, 0.3) is 5.91 Å². The number of aryl methyl sites for hydroxylation is 1. The molecule has 3 fully saturated rings. The number of ketones is 1. The molecular weight excluding hydrogens is 593 g/mol. The van der Waals surface area contributed by atoms with E-state index >= 15 is 0 Å². The first kappa shape index (κ1) is 32.8. The molecule has 12 nitrogen and oxygen atoms in total. The molecule has 0 radical (unpaired) electrons. The van der Waals surface area contributed by atoms with E-state index in [4.69, 9.17) is 9.84 Å². The van der Waals surface area contributed by atoms with Crippen molar-refractivity contribution in [2.24, 2.45) is 18.9 Å². The highest BCUT2D eigenvalue weighted by molar-refractivity contribution is 6.60. The zero-order valence-corrected chi connectivity index (χ0v) is 28.1. The average molecular weight is 636 g/mol. The lowest BCUT2D eigenvalue weighted by molar-refractivity contribution is -0.117. The fourth-order valence-corrected chi connectivity index (χ4v) is 6.74. The van der Waals surface area contributed by atoms with E-state index in [0.29, 0.717) is 40.1 Å². The number of methoxy groups -OCH3 is 1. The van der Waals surface area contributed by atoms with E-state index in [9.17, 15) is 14.4 Å². The number of carbonyl (C=O) groups excluding carboxylic acids is 3. The van der Waals surface area contributed by atoms with Crippen LogP contribution in [0.3, 0.4) is 0 Å². The van der Waals surface area contributed by atoms with Gasteiger partial charge in [0, 0.05) is 36.6 Å². The average Bonchev–Trinajstić information content (AvgIpc) is 3.61. The van der Waals surface area contributed by atoms with Crippen molar-refractivity contribution in [1.82, 2.24) is 30.2 Å². The monoisotopic (exact) mass is 636 g/mol. The molecule has 244 valence electrons. The van der Waals surface area contributed by atoms with Gasteiger partial charge in [-0.15, -0.1) is 10.2 Å². The van der Waals surface area contributed by atoms with Crippen LogP contribution in [0.15, 0.2) is 30.3 Å². The van der Waals surface area contributed by atoms with Crippen molar-refractivity contribution in [2.45, 2.75) is 62.6 Å². The number of carbonyl (C=O) groups is 3. The topological polar surface area (TPSA) is 143 Å². The number of para-hydroxylation sites is 1. The van der Waals surface area contributed by atoms with Crippen molar-refractivity contribution in [3.8, 4) is 17.0 Å². The predicted molar refractivity (Wildman–Crippen MR) is 189 cm³/mol. The van der Waals surface area contributed by atoms with E-state index in [1.165, 1.54) is 25.9 Å². The standard InChI is InChI=1S/C32H43B3N8O4/c1-42-25(28(44)18-10-12-20(13-11-18)43-14-3-4-15-43)16-23(41-42)21-6-5-7-22(29(21)47-2)36-24-17-26(37-30(45)19-8-9-19)39-40-27(24)31(46)38-32(33,34)35/h5-7,16-20H,3-4,8-15,33-35H2,1-2H3,(H,38,46)(H2,36,37,39,45). The molecule has 3 aliphatic rings. The third kappa shape index (κ3) is 7.56. The molecule has 1 aliphatic heterocycles. The summed E-state index contributed by atoms with van der Waals surface area (Å²) in [7, 11) is 9.02. The molecule has 2 saturated carbocycles. The van der Waals surface area contributed by atoms with Crippen LogP contribution < -0.4 is 20.7 Å². The lowest BCUT2D eigenvalue weighted by atomic mass is 9.49. The number of likely N-dealkylation sites (tertiary alicyclic amines) is 1. The molecule has 2 aliphatic carbocycles. The molecule has 2 amide bonds. The van der Waals surface area contributed by atoms with E-state index in [0.717, 1.165) is 38.5 Å². The number of ether oxygens (including phenoxy) is 1. The van der Waals surface area contributed by atoms with Crippen molar-refractivity contribution in [2.75, 3.05) is 30.8 Å². The molecule has 0 spiro atoms. The van der Waals surface area contributed by atoms with E-state index in [1.807, 2.05) is 47.8 Å². The molecule has 1 saturated heterocycles. The fourth-order valence-electron chi connectivity index (χ4n) is 6.74. The quantitative estimate of drug-likeness (QED) is 0.208. The second kappa shape index (κ2) is 13.5. The van der Waals surface area contributed by atoms with E-state index in [1.54, 1.807) is 24.9 Å². The summed E-state index contributed by atoms with van der Waals surface area (Å²) in [6.45, 7) is 2.37. The molecule has 47 heavy (non-hydrogen) atoms. The van der Waals surface area contributed by atoms with Crippen LogP contribution in [0, 0.1) is 11.8 Å². The van der Waals surface area contributed by atoms with Crippen molar-refractivity contribution >= 4 is 58.3 Å².